The van der Waals surface area contributed by atoms with Crippen molar-refractivity contribution in [1.82, 2.24) is 14.8 Å². The molecule has 2 aromatic heterocycles. The summed E-state index contributed by atoms with van der Waals surface area (Å²) in [6, 6.07) is 5.36. The number of aryl methyl sites for hydroxylation is 1. The van der Waals surface area contributed by atoms with Crippen molar-refractivity contribution in [3.63, 3.8) is 0 Å². The predicted molar refractivity (Wildman–Crippen MR) is 67.0 cm³/mol. The van der Waals surface area contributed by atoms with Crippen molar-refractivity contribution in [1.29, 1.82) is 0 Å². The number of pyridine rings is 1. The first-order chi connectivity index (χ1) is 8.78. The Bertz CT molecular complexity index is 547. The molecule has 94 valence electrons. The van der Waals surface area contributed by atoms with Crippen LogP contribution in [0.25, 0.3) is 0 Å². The summed E-state index contributed by atoms with van der Waals surface area (Å²) in [4.78, 5) is 4.17. The van der Waals surface area contributed by atoms with E-state index in [0.717, 1.165) is 36.6 Å². The number of nitrogens with zero attached hydrogens (tertiary/aromatic N) is 3. The summed E-state index contributed by atoms with van der Waals surface area (Å²) in [6.07, 6.45) is 3.09. The fourth-order valence-electron chi connectivity index (χ4n) is 2.30. The van der Waals surface area contributed by atoms with Crippen molar-refractivity contribution >= 4 is 5.82 Å². The molecule has 1 unspecified atom stereocenters. The molecule has 18 heavy (non-hydrogen) atoms. The molecule has 3 rings (SSSR count). The van der Waals surface area contributed by atoms with E-state index in [1.807, 2.05) is 4.68 Å². The van der Waals surface area contributed by atoms with E-state index in [0.29, 0.717) is 0 Å². The van der Waals surface area contributed by atoms with Crippen LogP contribution in [-0.4, -0.2) is 21.3 Å². The summed E-state index contributed by atoms with van der Waals surface area (Å²) < 4.78 is 14.9. The lowest BCUT2D eigenvalue weighted by molar-refractivity contribution is 0.466. The molecular weight excluding hydrogens is 231 g/mol. The summed E-state index contributed by atoms with van der Waals surface area (Å²) in [6.45, 7) is 2.97. The number of fused-ring (bicyclic) bond motifs is 1. The average molecular weight is 246 g/mol. The van der Waals surface area contributed by atoms with Crippen LogP contribution in [0.15, 0.2) is 24.4 Å². The quantitative estimate of drug-likeness (QED) is 0.884. The molecule has 1 atom stereocenters. The number of hydrogen-bond acceptors (Lipinski definition) is 3. The van der Waals surface area contributed by atoms with Gasteiger partial charge in [-0.25, -0.2) is 9.07 Å². The molecule has 5 heteroatoms. The van der Waals surface area contributed by atoms with Crippen molar-refractivity contribution < 1.29 is 4.39 Å². The van der Waals surface area contributed by atoms with E-state index in [2.05, 4.69) is 28.4 Å². The largest absolute Gasteiger partial charge is 0.370 e. The fraction of sp³-hybridized carbons (Fsp3) is 0.385. The van der Waals surface area contributed by atoms with Crippen molar-refractivity contribution in [3.8, 4) is 0 Å². The van der Waals surface area contributed by atoms with E-state index < -0.39 is 0 Å². The molecule has 0 spiro atoms. The monoisotopic (exact) mass is 246 g/mol. The van der Waals surface area contributed by atoms with Crippen LogP contribution in [0.3, 0.4) is 0 Å². The Labute approximate surface area is 105 Å². The highest BCUT2D eigenvalue weighted by molar-refractivity contribution is 5.40. The number of anilines is 1. The zero-order valence-corrected chi connectivity index (χ0v) is 10.2. The van der Waals surface area contributed by atoms with Crippen LogP contribution in [0.1, 0.15) is 30.8 Å². The Hall–Kier alpha value is -1.91. The van der Waals surface area contributed by atoms with Crippen molar-refractivity contribution in [2.45, 2.75) is 25.8 Å². The molecule has 0 radical (unpaired) electrons. The van der Waals surface area contributed by atoms with E-state index in [1.54, 1.807) is 6.07 Å². The lowest BCUT2D eigenvalue weighted by Gasteiger charge is -2.25. The van der Waals surface area contributed by atoms with E-state index in [4.69, 9.17) is 0 Å². The van der Waals surface area contributed by atoms with Crippen LogP contribution in [-0.2, 0) is 6.42 Å². The molecule has 0 aliphatic carbocycles. The minimum Gasteiger partial charge on any atom is -0.370 e. The van der Waals surface area contributed by atoms with Gasteiger partial charge in [0, 0.05) is 12.6 Å². The molecule has 3 heterocycles. The third-order valence-corrected chi connectivity index (χ3v) is 3.26. The first kappa shape index (κ1) is 11.2. The number of rotatable bonds is 2. The second-order valence-corrected chi connectivity index (χ2v) is 4.45. The summed E-state index contributed by atoms with van der Waals surface area (Å²) >= 11 is 0. The van der Waals surface area contributed by atoms with Gasteiger partial charge in [0.2, 0.25) is 0 Å². The first-order valence-corrected chi connectivity index (χ1v) is 6.21. The van der Waals surface area contributed by atoms with E-state index in [9.17, 15) is 4.39 Å². The molecule has 1 aliphatic heterocycles. The maximum atomic E-state index is 12.9. The molecule has 4 nitrogen and oxygen atoms in total. The van der Waals surface area contributed by atoms with Gasteiger partial charge in [0.1, 0.15) is 11.6 Å². The van der Waals surface area contributed by atoms with Gasteiger partial charge in [-0.15, -0.1) is 0 Å². The van der Waals surface area contributed by atoms with Gasteiger partial charge in [0.25, 0.3) is 0 Å². The van der Waals surface area contributed by atoms with Gasteiger partial charge in [0.15, 0.2) is 0 Å². The minimum atomic E-state index is -0.303. The smallest absolute Gasteiger partial charge is 0.141 e. The van der Waals surface area contributed by atoms with Gasteiger partial charge in [-0.3, -0.25) is 4.98 Å². The van der Waals surface area contributed by atoms with Gasteiger partial charge in [0.05, 0.1) is 23.6 Å². The topological polar surface area (TPSA) is 42.7 Å². The number of hydrogen-bond donors (Lipinski definition) is 1. The Kier molecular flexibility index (Phi) is 2.74. The Morgan fingerprint density at radius 1 is 1.50 bits per heavy atom. The van der Waals surface area contributed by atoms with Gasteiger partial charge in [-0.2, -0.15) is 5.10 Å². The molecule has 1 aliphatic rings. The van der Waals surface area contributed by atoms with Crippen LogP contribution < -0.4 is 5.32 Å². The molecule has 0 fully saturated rings. The van der Waals surface area contributed by atoms with Crippen LogP contribution >= 0.6 is 0 Å². The fourth-order valence-corrected chi connectivity index (χ4v) is 2.30. The van der Waals surface area contributed by atoms with Gasteiger partial charge < -0.3 is 5.32 Å². The minimum absolute atomic E-state index is 0.0992. The second-order valence-electron chi connectivity index (χ2n) is 4.45. The molecular formula is C13H15FN4. The Morgan fingerprint density at radius 3 is 3.11 bits per heavy atom. The number of aromatic nitrogens is 3. The lowest BCUT2D eigenvalue weighted by atomic mass is 10.1. The molecule has 1 N–H and O–H groups in total. The van der Waals surface area contributed by atoms with E-state index in [1.165, 1.54) is 12.3 Å². The number of nitrogens with one attached hydrogen (secondary N) is 1. The predicted octanol–water partition coefficient (Wildman–Crippen LogP) is 2.38. The molecule has 2 aromatic rings. The molecule has 0 saturated heterocycles. The maximum absolute atomic E-state index is 12.9. The van der Waals surface area contributed by atoms with Crippen molar-refractivity contribution in [2.24, 2.45) is 0 Å². The molecule has 0 aromatic carbocycles. The van der Waals surface area contributed by atoms with Crippen LogP contribution in [0.5, 0.6) is 0 Å². The molecule has 0 bridgehead atoms. The highest BCUT2D eigenvalue weighted by atomic mass is 19.1. The summed E-state index contributed by atoms with van der Waals surface area (Å²) in [5.41, 5.74) is 1.93. The second kappa shape index (κ2) is 4.40. The number of halogens is 1. The molecule has 0 amide bonds. The summed E-state index contributed by atoms with van der Waals surface area (Å²) in [5, 5.41) is 7.90. The van der Waals surface area contributed by atoms with E-state index in [-0.39, 0.29) is 11.9 Å². The zero-order valence-electron chi connectivity index (χ0n) is 10.2. The Morgan fingerprint density at radius 2 is 2.39 bits per heavy atom. The summed E-state index contributed by atoms with van der Waals surface area (Å²) in [7, 11) is 0. The molecule has 0 saturated carbocycles. The SMILES string of the molecule is CCc1cc2n(n1)C(c1ccc(F)cn1)CCN2. The lowest BCUT2D eigenvalue weighted by Crippen LogP contribution is -2.25. The average Bonchev–Trinajstić information content (AvgIpc) is 2.82. The van der Waals surface area contributed by atoms with E-state index >= 15 is 0 Å². The van der Waals surface area contributed by atoms with Crippen LogP contribution in [0.2, 0.25) is 0 Å². The normalized spacial score (nSPS) is 18.2. The first-order valence-electron chi connectivity index (χ1n) is 6.21. The van der Waals surface area contributed by atoms with Crippen molar-refractivity contribution in [3.05, 3.63) is 41.6 Å². The van der Waals surface area contributed by atoms with Crippen molar-refractivity contribution in [2.75, 3.05) is 11.9 Å². The Balaban J connectivity index is 2.00. The summed E-state index contributed by atoms with van der Waals surface area (Å²) in [5.74, 6) is 0.719. The third-order valence-electron chi connectivity index (χ3n) is 3.26. The highest BCUT2D eigenvalue weighted by Gasteiger charge is 2.23. The van der Waals surface area contributed by atoms with Crippen LogP contribution in [0.4, 0.5) is 10.2 Å². The highest BCUT2D eigenvalue weighted by Crippen LogP contribution is 2.28. The third kappa shape index (κ3) is 1.85. The van der Waals surface area contributed by atoms with Gasteiger partial charge in [-0.05, 0) is 25.0 Å². The van der Waals surface area contributed by atoms with Crippen LogP contribution in [0, 0.1) is 5.82 Å². The zero-order chi connectivity index (χ0) is 12.5. The standard InChI is InChI=1S/C13H15FN4/c1-2-10-7-13-15-6-5-12(18(13)17-10)11-4-3-9(14)8-16-11/h3-4,7-8,12,15H,2,5-6H2,1H3. The van der Waals surface area contributed by atoms with Gasteiger partial charge in [-0.1, -0.05) is 6.92 Å². The van der Waals surface area contributed by atoms with Gasteiger partial charge >= 0.3 is 0 Å². The maximum Gasteiger partial charge on any atom is 0.141 e.